The first-order chi connectivity index (χ1) is 10.1. The van der Waals surface area contributed by atoms with Crippen LogP contribution in [0.5, 0.6) is 0 Å². The van der Waals surface area contributed by atoms with E-state index in [2.05, 4.69) is 5.32 Å². The number of amides is 1. The molecule has 0 unspecified atom stereocenters. The lowest BCUT2D eigenvalue weighted by molar-refractivity contribution is -0.0612. The Morgan fingerprint density at radius 1 is 1.57 bits per heavy atom. The number of halogens is 2. The number of aliphatic hydroxyl groups excluding tert-OH is 1. The van der Waals surface area contributed by atoms with Crippen LogP contribution < -0.4 is 5.32 Å². The summed E-state index contributed by atoms with van der Waals surface area (Å²) in [5, 5.41) is 11.8. The third kappa shape index (κ3) is 4.38. The summed E-state index contributed by atoms with van der Waals surface area (Å²) in [4.78, 5) is 12.1. The Bertz CT molecular complexity index is 500. The highest BCUT2D eigenvalue weighted by atomic mass is 35.5. The van der Waals surface area contributed by atoms with Crippen molar-refractivity contribution in [1.82, 2.24) is 5.32 Å². The highest BCUT2D eigenvalue weighted by Gasteiger charge is 2.28. The number of ether oxygens (including phenoxy) is 2. The molecule has 0 spiro atoms. The SMILES string of the molecule is O=C(N[C@H]1COCC[C@H]1OCCO)c1cc(Cl)ccc1F. The van der Waals surface area contributed by atoms with Gasteiger partial charge in [0.1, 0.15) is 5.82 Å². The predicted molar refractivity (Wildman–Crippen MR) is 74.9 cm³/mol. The van der Waals surface area contributed by atoms with Gasteiger partial charge in [-0.2, -0.15) is 0 Å². The fourth-order valence-corrected chi connectivity index (χ4v) is 2.35. The lowest BCUT2D eigenvalue weighted by atomic mass is 10.1. The van der Waals surface area contributed by atoms with Crippen molar-refractivity contribution in [3.05, 3.63) is 34.6 Å². The summed E-state index contributed by atoms with van der Waals surface area (Å²) in [7, 11) is 0. The fourth-order valence-electron chi connectivity index (χ4n) is 2.17. The first kappa shape index (κ1) is 16.2. The number of hydrogen-bond acceptors (Lipinski definition) is 4. The minimum absolute atomic E-state index is 0.0963. The molecule has 21 heavy (non-hydrogen) atoms. The molecule has 2 atom stereocenters. The molecule has 5 nitrogen and oxygen atoms in total. The summed E-state index contributed by atoms with van der Waals surface area (Å²) in [6.07, 6.45) is 0.334. The molecule has 0 aliphatic carbocycles. The molecule has 1 amide bonds. The summed E-state index contributed by atoms with van der Waals surface area (Å²) in [5.41, 5.74) is -0.117. The largest absolute Gasteiger partial charge is 0.394 e. The minimum Gasteiger partial charge on any atom is -0.394 e. The molecule has 1 saturated heterocycles. The van der Waals surface area contributed by atoms with Gasteiger partial charge < -0.3 is 19.9 Å². The number of rotatable bonds is 5. The van der Waals surface area contributed by atoms with Gasteiger partial charge in [0.25, 0.3) is 5.91 Å². The molecule has 1 aromatic rings. The Hall–Kier alpha value is -1.21. The van der Waals surface area contributed by atoms with E-state index in [1.54, 1.807) is 0 Å². The van der Waals surface area contributed by atoms with Crippen molar-refractivity contribution < 1.29 is 23.8 Å². The number of benzene rings is 1. The Labute approximate surface area is 127 Å². The van der Waals surface area contributed by atoms with Gasteiger partial charge in [-0.25, -0.2) is 4.39 Å². The maximum absolute atomic E-state index is 13.7. The Morgan fingerprint density at radius 3 is 3.14 bits per heavy atom. The van der Waals surface area contributed by atoms with Crippen molar-refractivity contribution in [2.45, 2.75) is 18.6 Å². The van der Waals surface area contributed by atoms with Gasteiger partial charge in [-0.15, -0.1) is 0 Å². The van der Waals surface area contributed by atoms with Crippen LogP contribution >= 0.6 is 11.6 Å². The topological polar surface area (TPSA) is 67.8 Å². The monoisotopic (exact) mass is 317 g/mol. The zero-order valence-electron chi connectivity index (χ0n) is 11.4. The molecule has 0 saturated carbocycles. The smallest absolute Gasteiger partial charge is 0.254 e. The second-order valence-electron chi connectivity index (χ2n) is 4.70. The number of nitrogens with one attached hydrogen (secondary N) is 1. The van der Waals surface area contributed by atoms with E-state index >= 15 is 0 Å². The molecule has 1 aliphatic rings. The zero-order chi connectivity index (χ0) is 15.2. The second-order valence-corrected chi connectivity index (χ2v) is 5.14. The van der Waals surface area contributed by atoms with Crippen LogP contribution in [0.15, 0.2) is 18.2 Å². The van der Waals surface area contributed by atoms with Crippen molar-refractivity contribution in [2.75, 3.05) is 26.4 Å². The van der Waals surface area contributed by atoms with Crippen LogP contribution in [0.1, 0.15) is 16.8 Å². The maximum Gasteiger partial charge on any atom is 0.254 e. The van der Waals surface area contributed by atoms with Crippen LogP contribution in [0.25, 0.3) is 0 Å². The number of carbonyl (C=O) groups excluding carboxylic acids is 1. The van der Waals surface area contributed by atoms with E-state index in [0.717, 1.165) is 6.07 Å². The van der Waals surface area contributed by atoms with E-state index in [0.29, 0.717) is 13.0 Å². The summed E-state index contributed by atoms with van der Waals surface area (Å²) >= 11 is 5.78. The molecule has 7 heteroatoms. The van der Waals surface area contributed by atoms with Crippen LogP contribution in [0.3, 0.4) is 0 Å². The first-order valence-electron chi connectivity index (χ1n) is 6.68. The molecule has 0 radical (unpaired) electrons. The molecular formula is C14H17ClFNO4. The van der Waals surface area contributed by atoms with E-state index in [1.165, 1.54) is 12.1 Å². The van der Waals surface area contributed by atoms with Gasteiger partial charge in [-0.1, -0.05) is 11.6 Å². The third-order valence-electron chi connectivity index (χ3n) is 3.21. The first-order valence-corrected chi connectivity index (χ1v) is 7.05. The quantitative estimate of drug-likeness (QED) is 0.861. The van der Waals surface area contributed by atoms with Gasteiger partial charge >= 0.3 is 0 Å². The molecule has 2 N–H and O–H groups in total. The minimum atomic E-state index is -0.638. The zero-order valence-corrected chi connectivity index (χ0v) is 12.1. The Kier molecular flexibility index (Phi) is 5.93. The van der Waals surface area contributed by atoms with E-state index in [4.69, 9.17) is 26.2 Å². The molecule has 1 aromatic carbocycles. The second kappa shape index (κ2) is 7.70. The molecule has 0 bridgehead atoms. The van der Waals surface area contributed by atoms with Gasteiger partial charge in [-0.3, -0.25) is 4.79 Å². The molecule has 1 fully saturated rings. The molecule has 116 valence electrons. The standard InChI is InChI=1S/C14H17ClFNO4/c15-9-1-2-11(16)10(7-9)14(19)17-12-8-20-5-3-13(12)21-6-4-18/h1-2,7,12-13,18H,3-6,8H2,(H,17,19)/t12-,13+/m0/s1. The van der Waals surface area contributed by atoms with Gasteiger partial charge in [0.05, 0.1) is 37.5 Å². The predicted octanol–water partition coefficient (Wildman–Crippen LogP) is 1.38. The van der Waals surface area contributed by atoms with Crippen LogP contribution in [0.4, 0.5) is 4.39 Å². The highest BCUT2D eigenvalue weighted by Crippen LogP contribution is 2.17. The van der Waals surface area contributed by atoms with Gasteiger partial charge in [0, 0.05) is 11.6 Å². The van der Waals surface area contributed by atoms with Crippen molar-refractivity contribution in [3.63, 3.8) is 0 Å². The normalized spacial score (nSPS) is 22.0. The van der Waals surface area contributed by atoms with Crippen LogP contribution in [0.2, 0.25) is 5.02 Å². The number of aliphatic hydroxyl groups is 1. The van der Waals surface area contributed by atoms with Gasteiger partial charge in [0.15, 0.2) is 0 Å². The maximum atomic E-state index is 13.7. The molecular weight excluding hydrogens is 301 g/mol. The molecule has 1 heterocycles. The van der Waals surface area contributed by atoms with Crippen LogP contribution in [0, 0.1) is 5.82 Å². The van der Waals surface area contributed by atoms with E-state index < -0.39 is 17.8 Å². The average molecular weight is 318 g/mol. The third-order valence-corrected chi connectivity index (χ3v) is 3.44. The fraction of sp³-hybridized carbons (Fsp3) is 0.500. The Morgan fingerprint density at radius 2 is 2.38 bits per heavy atom. The van der Waals surface area contributed by atoms with Gasteiger partial charge in [0.2, 0.25) is 0 Å². The molecule has 2 rings (SSSR count). The van der Waals surface area contributed by atoms with E-state index in [1.807, 2.05) is 0 Å². The summed E-state index contributed by atoms with van der Waals surface area (Å²) in [6, 6.07) is 3.41. The van der Waals surface area contributed by atoms with Crippen LogP contribution in [-0.4, -0.2) is 49.6 Å². The lowest BCUT2D eigenvalue weighted by Crippen LogP contribution is -2.50. The van der Waals surface area contributed by atoms with Gasteiger partial charge in [-0.05, 0) is 24.6 Å². The number of hydrogen-bond donors (Lipinski definition) is 2. The molecule has 1 aliphatic heterocycles. The summed E-state index contributed by atoms with van der Waals surface area (Å²) in [5.74, 6) is -1.20. The highest BCUT2D eigenvalue weighted by molar-refractivity contribution is 6.31. The van der Waals surface area contributed by atoms with E-state index in [-0.39, 0.29) is 36.5 Å². The summed E-state index contributed by atoms with van der Waals surface area (Å²) in [6.45, 7) is 0.890. The average Bonchev–Trinajstić information content (AvgIpc) is 2.48. The van der Waals surface area contributed by atoms with Crippen molar-refractivity contribution in [1.29, 1.82) is 0 Å². The Balaban J connectivity index is 2.04. The van der Waals surface area contributed by atoms with Crippen LogP contribution in [-0.2, 0) is 9.47 Å². The molecule has 0 aromatic heterocycles. The number of carbonyl (C=O) groups is 1. The van der Waals surface area contributed by atoms with E-state index in [9.17, 15) is 9.18 Å². The van der Waals surface area contributed by atoms with Crippen molar-refractivity contribution >= 4 is 17.5 Å². The lowest BCUT2D eigenvalue weighted by Gasteiger charge is -2.32. The summed E-state index contributed by atoms with van der Waals surface area (Å²) < 4.78 is 24.4. The van der Waals surface area contributed by atoms with Crippen molar-refractivity contribution in [3.8, 4) is 0 Å². The van der Waals surface area contributed by atoms with Crippen molar-refractivity contribution in [2.24, 2.45) is 0 Å².